The van der Waals surface area contributed by atoms with Gasteiger partial charge >= 0.3 is 0 Å². The van der Waals surface area contributed by atoms with Crippen LogP contribution in [-0.4, -0.2) is 34.3 Å². The molecule has 14 heavy (non-hydrogen) atoms. The summed E-state index contributed by atoms with van der Waals surface area (Å²) < 4.78 is 24.3. The van der Waals surface area contributed by atoms with Crippen molar-refractivity contribution in [3.05, 3.63) is 0 Å². The van der Waals surface area contributed by atoms with Crippen LogP contribution in [0.25, 0.3) is 0 Å². The number of rotatable bonds is 4. The van der Waals surface area contributed by atoms with Crippen molar-refractivity contribution in [2.24, 2.45) is 5.92 Å². The molecule has 0 aromatic rings. The minimum Gasteiger partial charge on any atom is -0.317 e. The largest absolute Gasteiger partial charge is 0.317 e. The lowest BCUT2D eigenvalue weighted by Crippen LogP contribution is -2.35. The molecular weight excluding hydrogens is 200 g/mol. The maximum Gasteiger partial charge on any atom is 0.208 e. The Kier molecular flexibility index (Phi) is 4.34. The van der Waals surface area contributed by atoms with E-state index in [4.69, 9.17) is 0 Å². The summed E-state index contributed by atoms with van der Waals surface area (Å²) in [5.41, 5.74) is 0. The van der Waals surface area contributed by atoms with Gasteiger partial charge in [0.25, 0.3) is 0 Å². The van der Waals surface area contributed by atoms with Crippen molar-refractivity contribution in [2.75, 3.05) is 19.8 Å². The summed E-state index contributed by atoms with van der Waals surface area (Å²) in [6.07, 6.45) is 5.77. The number of hydrogen-bond acceptors (Lipinski definition) is 3. The molecule has 0 aliphatic heterocycles. The second-order valence-corrected chi connectivity index (χ2v) is 5.96. The van der Waals surface area contributed by atoms with Crippen molar-refractivity contribution in [1.82, 2.24) is 10.0 Å². The van der Waals surface area contributed by atoms with Crippen LogP contribution >= 0.6 is 0 Å². The van der Waals surface area contributed by atoms with E-state index in [2.05, 4.69) is 10.0 Å². The molecule has 0 spiro atoms. The Labute approximate surface area is 86.5 Å². The van der Waals surface area contributed by atoms with Gasteiger partial charge in [-0.15, -0.1) is 0 Å². The minimum atomic E-state index is -3.01. The molecule has 0 amide bonds. The van der Waals surface area contributed by atoms with Crippen molar-refractivity contribution in [3.8, 4) is 0 Å². The van der Waals surface area contributed by atoms with E-state index in [0.29, 0.717) is 18.5 Å². The average molecular weight is 220 g/mol. The van der Waals surface area contributed by atoms with Crippen LogP contribution in [0.2, 0.25) is 0 Å². The second kappa shape index (κ2) is 5.09. The van der Waals surface area contributed by atoms with Crippen molar-refractivity contribution < 1.29 is 8.42 Å². The van der Waals surface area contributed by atoms with E-state index < -0.39 is 10.0 Å². The summed E-state index contributed by atoms with van der Waals surface area (Å²) in [7, 11) is -1.02. The SMILES string of the molecule is CN[C@H]1CC[C@H](CNS(C)(=O)=O)CC1. The van der Waals surface area contributed by atoms with Gasteiger partial charge in [0, 0.05) is 12.6 Å². The molecule has 1 saturated carbocycles. The van der Waals surface area contributed by atoms with E-state index in [-0.39, 0.29) is 0 Å². The van der Waals surface area contributed by atoms with E-state index >= 15 is 0 Å². The summed E-state index contributed by atoms with van der Waals surface area (Å²) in [5.74, 6) is 0.523. The molecule has 2 N–H and O–H groups in total. The van der Waals surface area contributed by atoms with Gasteiger partial charge in [-0.2, -0.15) is 0 Å². The van der Waals surface area contributed by atoms with Gasteiger partial charge in [-0.1, -0.05) is 0 Å². The maximum absolute atomic E-state index is 10.9. The normalized spacial score (nSPS) is 29.0. The maximum atomic E-state index is 10.9. The number of sulfonamides is 1. The van der Waals surface area contributed by atoms with Gasteiger partial charge < -0.3 is 5.32 Å². The topological polar surface area (TPSA) is 58.2 Å². The molecule has 1 aliphatic rings. The van der Waals surface area contributed by atoms with Crippen LogP contribution < -0.4 is 10.0 Å². The zero-order chi connectivity index (χ0) is 10.6. The summed E-state index contributed by atoms with van der Waals surface area (Å²) in [4.78, 5) is 0. The van der Waals surface area contributed by atoms with Crippen LogP contribution in [0.1, 0.15) is 25.7 Å². The molecule has 1 aliphatic carbocycles. The van der Waals surface area contributed by atoms with E-state index in [0.717, 1.165) is 25.7 Å². The van der Waals surface area contributed by atoms with Crippen LogP contribution in [0.3, 0.4) is 0 Å². The molecule has 0 saturated heterocycles. The first kappa shape index (κ1) is 11.9. The summed E-state index contributed by atoms with van der Waals surface area (Å²) in [5, 5.41) is 3.26. The Morgan fingerprint density at radius 2 is 1.79 bits per heavy atom. The van der Waals surface area contributed by atoms with Gasteiger partial charge in [0.05, 0.1) is 6.26 Å². The third-order valence-corrected chi connectivity index (χ3v) is 3.58. The van der Waals surface area contributed by atoms with Gasteiger partial charge in [0.15, 0.2) is 0 Å². The first-order valence-electron chi connectivity index (χ1n) is 5.13. The van der Waals surface area contributed by atoms with E-state index in [1.165, 1.54) is 6.26 Å². The molecule has 0 bridgehead atoms. The lowest BCUT2D eigenvalue weighted by Gasteiger charge is -2.28. The molecule has 0 aromatic carbocycles. The Morgan fingerprint density at radius 1 is 1.21 bits per heavy atom. The van der Waals surface area contributed by atoms with Crippen LogP contribution in [0.4, 0.5) is 0 Å². The van der Waals surface area contributed by atoms with Crippen LogP contribution in [0.15, 0.2) is 0 Å². The molecule has 1 rings (SSSR count). The molecule has 0 unspecified atom stereocenters. The second-order valence-electron chi connectivity index (χ2n) is 4.13. The highest BCUT2D eigenvalue weighted by atomic mass is 32.2. The molecule has 1 fully saturated rings. The lowest BCUT2D eigenvalue weighted by atomic mass is 9.86. The molecule has 4 nitrogen and oxygen atoms in total. The number of nitrogens with one attached hydrogen (secondary N) is 2. The molecule has 84 valence electrons. The van der Waals surface area contributed by atoms with Gasteiger partial charge in [-0.05, 0) is 38.6 Å². The molecule has 5 heteroatoms. The van der Waals surface area contributed by atoms with E-state index in [9.17, 15) is 8.42 Å². The highest BCUT2D eigenvalue weighted by Gasteiger charge is 2.20. The predicted octanol–water partition coefficient (Wildman–Crippen LogP) is 0.314. The lowest BCUT2D eigenvalue weighted by molar-refractivity contribution is 0.302. The predicted molar refractivity (Wildman–Crippen MR) is 57.7 cm³/mol. The molecule has 0 heterocycles. The Hall–Kier alpha value is -0.130. The van der Waals surface area contributed by atoms with Crippen molar-refractivity contribution in [3.63, 3.8) is 0 Å². The standard InChI is InChI=1S/C9H20N2O2S/c1-10-9-5-3-8(4-6-9)7-11-14(2,12)13/h8-11H,3-7H2,1-2H3/t8-,9-. The number of hydrogen-bond donors (Lipinski definition) is 2. The third-order valence-electron chi connectivity index (χ3n) is 2.89. The summed E-state index contributed by atoms with van der Waals surface area (Å²) in [6, 6.07) is 0.629. The highest BCUT2D eigenvalue weighted by molar-refractivity contribution is 7.88. The fourth-order valence-electron chi connectivity index (χ4n) is 1.92. The smallest absolute Gasteiger partial charge is 0.208 e. The molecule has 0 radical (unpaired) electrons. The quantitative estimate of drug-likeness (QED) is 0.717. The average Bonchev–Trinajstić information content (AvgIpc) is 2.14. The fourth-order valence-corrected chi connectivity index (χ4v) is 2.46. The van der Waals surface area contributed by atoms with Gasteiger partial charge in [-0.3, -0.25) is 0 Å². The monoisotopic (exact) mass is 220 g/mol. The van der Waals surface area contributed by atoms with Crippen molar-refractivity contribution >= 4 is 10.0 Å². The van der Waals surface area contributed by atoms with E-state index in [1.54, 1.807) is 0 Å². The first-order chi connectivity index (χ1) is 6.51. The first-order valence-corrected chi connectivity index (χ1v) is 7.02. The van der Waals surface area contributed by atoms with Crippen LogP contribution in [0.5, 0.6) is 0 Å². The zero-order valence-electron chi connectivity index (χ0n) is 8.91. The molecule has 0 aromatic heterocycles. The third kappa shape index (κ3) is 4.39. The van der Waals surface area contributed by atoms with Gasteiger partial charge in [0.2, 0.25) is 10.0 Å². The summed E-state index contributed by atoms with van der Waals surface area (Å²) >= 11 is 0. The van der Waals surface area contributed by atoms with Crippen molar-refractivity contribution in [1.29, 1.82) is 0 Å². The Morgan fingerprint density at radius 3 is 2.21 bits per heavy atom. The van der Waals surface area contributed by atoms with E-state index in [1.807, 2.05) is 7.05 Å². The van der Waals surface area contributed by atoms with Crippen LogP contribution in [0, 0.1) is 5.92 Å². The minimum absolute atomic E-state index is 0.523. The highest BCUT2D eigenvalue weighted by Crippen LogP contribution is 2.23. The van der Waals surface area contributed by atoms with Crippen LogP contribution in [-0.2, 0) is 10.0 Å². The van der Waals surface area contributed by atoms with Crippen molar-refractivity contribution in [2.45, 2.75) is 31.7 Å². The fraction of sp³-hybridized carbons (Fsp3) is 1.00. The zero-order valence-corrected chi connectivity index (χ0v) is 9.73. The Balaban J connectivity index is 2.23. The molecule has 0 atom stereocenters. The Bertz CT molecular complexity index is 256. The van der Waals surface area contributed by atoms with Gasteiger partial charge in [0.1, 0.15) is 0 Å². The van der Waals surface area contributed by atoms with Gasteiger partial charge in [-0.25, -0.2) is 13.1 Å². The molecular formula is C9H20N2O2S. The summed E-state index contributed by atoms with van der Waals surface area (Å²) in [6.45, 7) is 0.606.